The van der Waals surface area contributed by atoms with Crippen molar-refractivity contribution in [2.45, 2.75) is 51.6 Å². The standard InChI is InChI=1S/C14H28N2O/c1-2-8-15-11-14(6-3-4-7-14)12-16-9-5-13(17)10-16/h13,15,17H,2-12H2,1H3. The van der Waals surface area contributed by atoms with Crippen LogP contribution in [0.15, 0.2) is 0 Å². The zero-order valence-electron chi connectivity index (χ0n) is 11.2. The molecule has 3 nitrogen and oxygen atoms in total. The quantitative estimate of drug-likeness (QED) is 0.693. The Hall–Kier alpha value is -0.120. The van der Waals surface area contributed by atoms with Gasteiger partial charge in [0.25, 0.3) is 0 Å². The summed E-state index contributed by atoms with van der Waals surface area (Å²) < 4.78 is 0. The number of nitrogens with zero attached hydrogens (tertiary/aromatic N) is 1. The highest BCUT2D eigenvalue weighted by molar-refractivity contribution is 4.91. The maximum atomic E-state index is 9.61. The maximum Gasteiger partial charge on any atom is 0.0679 e. The predicted molar refractivity (Wildman–Crippen MR) is 71.1 cm³/mol. The van der Waals surface area contributed by atoms with Crippen LogP contribution in [0.3, 0.4) is 0 Å². The van der Waals surface area contributed by atoms with Gasteiger partial charge in [-0.2, -0.15) is 0 Å². The fraction of sp³-hybridized carbons (Fsp3) is 1.00. The van der Waals surface area contributed by atoms with Gasteiger partial charge in [-0.1, -0.05) is 19.8 Å². The molecule has 0 radical (unpaired) electrons. The Balaban J connectivity index is 1.83. The van der Waals surface area contributed by atoms with Crippen LogP contribution < -0.4 is 5.32 Å². The molecule has 0 bridgehead atoms. The van der Waals surface area contributed by atoms with E-state index in [-0.39, 0.29) is 6.10 Å². The molecule has 2 fully saturated rings. The van der Waals surface area contributed by atoms with Gasteiger partial charge in [0.1, 0.15) is 0 Å². The predicted octanol–water partition coefficient (Wildman–Crippen LogP) is 1.61. The molecular weight excluding hydrogens is 212 g/mol. The van der Waals surface area contributed by atoms with Gasteiger partial charge >= 0.3 is 0 Å². The molecule has 0 spiro atoms. The number of aliphatic hydroxyl groups is 1. The molecule has 0 amide bonds. The van der Waals surface area contributed by atoms with Crippen LogP contribution in [-0.2, 0) is 0 Å². The Morgan fingerprint density at radius 3 is 2.71 bits per heavy atom. The molecule has 1 saturated carbocycles. The van der Waals surface area contributed by atoms with Gasteiger partial charge < -0.3 is 15.3 Å². The van der Waals surface area contributed by atoms with Crippen LogP contribution in [0.5, 0.6) is 0 Å². The summed E-state index contributed by atoms with van der Waals surface area (Å²) in [6.07, 6.45) is 7.65. The van der Waals surface area contributed by atoms with Gasteiger partial charge in [-0.05, 0) is 37.6 Å². The molecule has 1 atom stereocenters. The lowest BCUT2D eigenvalue weighted by atomic mass is 9.85. The third kappa shape index (κ3) is 3.67. The van der Waals surface area contributed by atoms with Gasteiger partial charge in [0, 0.05) is 26.2 Å². The van der Waals surface area contributed by atoms with Gasteiger partial charge in [-0.15, -0.1) is 0 Å². The first-order valence-electron chi connectivity index (χ1n) is 7.35. The fourth-order valence-corrected chi connectivity index (χ4v) is 3.48. The monoisotopic (exact) mass is 240 g/mol. The molecule has 0 aromatic rings. The van der Waals surface area contributed by atoms with E-state index in [9.17, 15) is 5.11 Å². The summed E-state index contributed by atoms with van der Waals surface area (Å²) in [6, 6.07) is 0. The van der Waals surface area contributed by atoms with Gasteiger partial charge in [0.05, 0.1) is 6.10 Å². The van der Waals surface area contributed by atoms with Crippen LogP contribution in [0, 0.1) is 5.41 Å². The van der Waals surface area contributed by atoms with Crippen molar-refractivity contribution in [3.05, 3.63) is 0 Å². The maximum absolute atomic E-state index is 9.61. The van der Waals surface area contributed by atoms with Crippen molar-refractivity contribution in [1.82, 2.24) is 10.2 Å². The SMILES string of the molecule is CCCNCC1(CN2CCC(O)C2)CCCC1. The summed E-state index contributed by atoms with van der Waals surface area (Å²) in [6.45, 7) is 7.73. The van der Waals surface area contributed by atoms with Gasteiger partial charge in [-0.3, -0.25) is 0 Å². The highest BCUT2D eigenvalue weighted by Gasteiger charge is 2.36. The minimum Gasteiger partial charge on any atom is -0.392 e. The summed E-state index contributed by atoms with van der Waals surface area (Å²) in [5.41, 5.74) is 0.499. The normalized spacial score (nSPS) is 28.9. The summed E-state index contributed by atoms with van der Waals surface area (Å²) >= 11 is 0. The van der Waals surface area contributed by atoms with Crippen molar-refractivity contribution in [3.63, 3.8) is 0 Å². The van der Waals surface area contributed by atoms with Crippen LogP contribution >= 0.6 is 0 Å². The minimum absolute atomic E-state index is 0.0722. The molecule has 2 N–H and O–H groups in total. The van der Waals surface area contributed by atoms with E-state index in [1.807, 2.05) is 0 Å². The van der Waals surface area contributed by atoms with E-state index in [2.05, 4.69) is 17.1 Å². The molecule has 3 heteroatoms. The van der Waals surface area contributed by atoms with Crippen LogP contribution in [0.25, 0.3) is 0 Å². The van der Waals surface area contributed by atoms with Crippen molar-refractivity contribution in [2.24, 2.45) is 5.41 Å². The van der Waals surface area contributed by atoms with Gasteiger partial charge in [-0.25, -0.2) is 0 Å². The molecule has 2 aliphatic rings. The average molecular weight is 240 g/mol. The van der Waals surface area contributed by atoms with E-state index >= 15 is 0 Å². The smallest absolute Gasteiger partial charge is 0.0679 e. The molecule has 1 unspecified atom stereocenters. The van der Waals surface area contributed by atoms with Crippen LogP contribution in [0.4, 0.5) is 0 Å². The van der Waals surface area contributed by atoms with Gasteiger partial charge in [0.15, 0.2) is 0 Å². The van der Waals surface area contributed by atoms with E-state index < -0.39 is 0 Å². The van der Waals surface area contributed by atoms with Crippen molar-refractivity contribution in [3.8, 4) is 0 Å². The molecule has 1 heterocycles. The second-order valence-electron chi connectivity index (χ2n) is 6.06. The number of rotatable bonds is 6. The largest absolute Gasteiger partial charge is 0.392 e. The average Bonchev–Trinajstić information content (AvgIpc) is 2.90. The lowest BCUT2D eigenvalue weighted by molar-refractivity contribution is 0.140. The second kappa shape index (κ2) is 6.17. The van der Waals surface area contributed by atoms with Crippen molar-refractivity contribution in [2.75, 3.05) is 32.7 Å². The first kappa shape index (κ1) is 13.3. The Kier molecular flexibility index (Phi) is 4.83. The van der Waals surface area contributed by atoms with E-state index in [1.165, 1.54) is 45.2 Å². The molecule has 0 aromatic carbocycles. The molecule has 2 rings (SSSR count). The zero-order valence-corrected chi connectivity index (χ0v) is 11.2. The summed E-state index contributed by atoms with van der Waals surface area (Å²) in [5.74, 6) is 0. The van der Waals surface area contributed by atoms with E-state index in [1.54, 1.807) is 0 Å². The Morgan fingerprint density at radius 2 is 2.12 bits per heavy atom. The number of nitrogens with one attached hydrogen (secondary N) is 1. The van der Waals surface area contributed by atoms with E-state index in [0.29, 0.717) is 5.41 Å². The Bertz CT molecular complexity index is 226. The van der Waals surface area contributed by atoms with Crippen molar-refractivity contribution in [1.29, 1.82) is 0 Å². The number of β-amino-alcohol motifs (C(OH)–C–C–N with tert-alkyl or cyclic N) is 1. The molecule has 100 valence electrons. The van der Waals surface area contributed by atoms with E-state index in [4.69, 9.17) is 0 Å². The number of hydrogen-bond acceptors (Lipinski definition) is 3. The van der Waals surface area contributed by atoms with Crippen LogP contribution in [0.2, 0.25) is 0 Å². The Morgan fingerprint density at radius 1 is 1.35 bits per heavy atom. The van der Waals surface area contributed by atoms with Crippen molar-refractivity contribution < 1.29 is 5.11 Å². The zero-order chi connectivity index (χ0) is 12.1. The number of likely N-dealkylation sites (tertiary alicyclic amines) is 1. The fourth-order valence-electron chi connectivity index (χ4n) is 3.48. The van der Waals surface area contributed by atoms with Crippen LogP contribution in [-0.4, -0.2) is 48.8 Å². The first-order valence-corrected chi connectivity index (χ1v) is 7.35. The van der Waals surface area contributed by atoms with Gasteiger partial charge in [0.2, 0.25) is 0 Å². The third-order valence-corrected chi connectivity index (χ3v) is 4.40. The lowest BCUT2D eigenvalue weighted by Gasteiger charge is -2.34. The summed E-state index contributed by atoms with van der Waals surface area (Å²) in [4.78, 5) is 2.48. The lowest BCUT2D eigenvalue weighted by Crippen LogP contribution is -2.42. The molecule has 0 aromatic heterocycles. The highest BCUT2D eigenvalue weighted by atomic mass is 16.3. The topological polar surface area (TPSA) is 35.5 Å². The molecule has 17 heavy (non-hydrogen) atoms. The third-order valence-electron chi connectivity index (χ3n) is 4.40. The second-order valence-corrected chi connectivity index (χ2v) is 6.06. The van der Waals surface area contributed by atoms with E-state index in [0.717, 1.165) is 26.1 Å². The van der Waals surface area contributed by atoms with Crippen molar-refractivity contribution >= 4 is 0 Å². The molecular formula is C14H28N2O. The highest BCUT2D eigenvalue weighted by Crippen LogP contribution is 2.38. The minimum atomic E-state index is -0.0722. The summed E-state index contributed by atoms with van der Waals surface area (Å²) in [5, 5.41) is 13.2. The summed E-state index contributed by atoms with van der Waals surface area (Å²) in [7, 11) is 0. The van der Waals surface area contributed by atoms with Crippen LogP contribution in [0.1, 0.15) is 45.4 Å². The molecule has 1 aliphatic heterocycles. The number of aliphatic hydroxyl groups excluding tert-OH is 1. The molecule has 1 aliphatic carbocycles. The molecule has 1 saturated heterocycles. The Labute approximate surface area is 106 Å². The number of hydrogen-bond donors (Lipinski definition) is 2. The first-order chi connectivity index (χ1) is 8.24.